The molecule has 0 spiro atoms. The van der Waals surface area contributed by atoms with E-state index >= 15 is 0 Å². The molecule has 0 aliphatic carbocycles. The zero-order chi connectivity index (χ0) is 14.1. The summed E-state index contributed by atoms with van der Waals surface area (Å²) in [6.07, 6.45) is 3.55. The first kappa shape index (κ1) is 12.4. The average Bonchev–Trinajstić information content (AvgIpc) is 2.82. The van der Waals surface area contributed by atoms with Crippen molar-refractivity contribution in [3.63, 3.8) is 0 Å². The number of nitrogens with zero attached hydrogens (tertiary/aromatic N) is 2. The van der Waals surface area contributed by atoms with Gasteiger partial charge in [-0.3, -0.25) is 4.98 Å². The van der Waals surface area contributed by atoms with Crippen LogP contribution in [0, 0.1) is 13.8 Å². The van der Waals surface area contributed by atoms with Crippen LogP contribution in [0.25, 0.3) is 22.5 Å². The van der Waals surface area contributed by atoms with E-state index in [-0.39, 0.29) is 0 Å². The van der Waals surface area contributed by atoms with E-state index in [0.29, 0.717) is 11.6 Å². The number of hydrogen-bond donors (Lipinski definition) is 1. The standard InChI is InChI=1S/C16H15N3O/c1-10-3-5-12(6-4-10)14-15(20-19-16(14)17)13-7-11(2)8-18-9-13/h3-9H,1-2H3,(H2,17,19). The van der Waals surface area contributed by atoms with E-state index in [0.717, 1.165) is 22.3 Å². The SMILES string of the molecule is Cc1ccc(-c2c(N)noc2-c2cncc(C)c2)cc1. The van der Waals surface area contributed by atoms with Crippen molar-refractivity contribution in [1.29, 1.82) is 0 Å². The molecule has 4 heteroatoms. The zero-order valence-corrected chi connectivity index (χ0v) is 11.4. The number of nitrogens with two attached hydrogens (primary N) is 1. The van der Waals surface area contributed by atoms with Gasteiger partial charge < -0.3 is 10.3 Å². The van der Waals surface area contributed by atoms with E-state index in [1.54, 1.807) is 12.4 Å². The Bertz CT molecular complexity index is 745. The lowest BCUT2D eigenvalue weighted by Crippen LogP contribution is -1.89. The zero-order valence-electron chi connectivity index (χ0n) is 11.4. The second kappa shape index (κ2) is 4.81. The van der Waals surface area contributed by atoms with E-state index in [1.165, 1.54) is 5.56 Å². The van der Waals surface area contributed by atoms with Gasteiger partial charge in [0.05, 0.1) is 5.56 Å². The second-order valence-electron chi connectivity index (χ2n) is 4.89. The van der Waals surface area contributed by atoms with E-state index in [9.17, 15) is 0 Å². The smallest absolute Gasteiger partial charge is 0.178 e. The van der Waals surface area contributed by atoms with E-state index in [4.69, 9.17) is 10.3 Å². The van der Waals surface area contributed by atoms with Crippen molar-refractivity contribution < 1.29 is 4.52 Å². The van der Waals surface area contributed by atoms with Gasteiger partial charge in [-0.15, -0.1) is 0 Å². The lowest BCUT2D eigenvalue weighted by Gasteiger charge is -2.04. The van der Waals surface area contributed by atoms with E-state index in [2.05, 4.69) is 10.1 Å². The Morgan fingerprint density at radius 3 is 2.40 bits per heavy atom. The van der Waals surface area contributed by atoms with Gasteiger partial charge in [0.1, 0.15) is 0 Å². The number of pyridine rings is 1. The topological polar surface area (TPSA) is 64.9 Å². The summed E-state index contributed by atoms with van der Waals surface area (Å²) < 4.78 is 5.41. The van der Waals surface area contributed by atoms with Gasteiger partial charge in [-0.2, -0.15) is 0 Å². The quantitative estimate of drug-likeness (QED) is 0.768. The first-order chi connectivity index (χ1) is 9.65. The molecule has 3 rings (SSSR count). The van der Waals surface area contributed by atoms with E-state index in [1.807, 2.05) is 44.2 Å². The van der Waals surface area contributed by atoms with Gasteiger partial charge in [-0.1, -0.05) is 35.0 Å². The van der Waals surface area contributed by atoms with Gasteiger partial charge in [-0.05, 0) is 31.0 Å². The van der Waals surface area contributed by atoms with E-state index < -0.39 is 0 Å². The molecule has 2 aromatic heterocycles. The number of benzene rings is 1. The maximum atomic E-state index is 5.96. The summed E-state index contributed by atoms with van der Waals surface area (Å²) >= 11 is 0. The number of aromatic nitrogens is 2. The van der Waals surface area contributed by atoms with Crippen LogP contribution in [0.4, 0.5) is 5.82 Å². The fourth-order valence-electron chi connectivity index (χ4n) is 2.18. The fraction of sp³-hybridized carbons (Fsp3) is 0.125. The molecule has 0 fully saturated rings. The molecule has 0 saturated heterocycles. The lowest BCUT2D eigenvalue weighted by atomic mass is 10.0. The number of rotatable bonds is 2. The third-order valence-electron chi connectivity index (χ3n) is 3.20. The summed E-state index contributed by atoms with van der Waals surface area (Å²) in [5, 5.41) is 3.90. The Morgan fingerprint density at radius 2 is 1.70 bits per heavy atom. The molecule has 0 atom stereocenters. The van der Waals surface area contributed by atoms with Gasteiger partial charge in [0.25, 0.3) is 0 Å². The first-order valence-corrected chi connectivity index (χ1v) is 6.39. The number of anilines is 1. The van der Waals surface area contributed by atoms with Crippen LogP contribution in [-0.2, 0) is 0 Å². The molecular weight excluding hydrogens is 250 g/mol. The summed E-state index contributed by atoms with van der Waals surface area (Å²) in [6.45, 7) is 4.04. The first-order valence-electron chi connectivity index (χ1n) is 6.39. The summed E-state index contributed by atoms with van der Waals surface area (Å²) in [6, 6.07) is 10.1. The molecule has 0 saturated carbocycles. The molecule has 20 heavy (non-hydrogen) atoms. The highest BCUT2D eigenvalue weighted by atomic mass is 16.5. The molecular formula is C16H15N3O. The van der Waals surface area contributed by atoms with Crippen LogP contribution < -0.4 is 5.73 Å². The molecule has 0 aliphatic heterocycles. The Balaban J connectivity index is 2.17. The van der Waals surface area contributed by atoms with Gasteiger partial charge in [-0.25, -0.2) is 0 Å². The second-order valence-corrected chi connectivity index (χ2v) is 4.89. The van der Waals surface area contributed by atoms with Crippen molar-refractivity contribution in [3.05, 3.63) is 53.9 Å². The Labute approximate surface area is 117 Å². The average molecular weight is 265 g/mol. The minimum atomic E-state index is 0.394. The maximum absolute atomic E-state index is 5.96. The van der Waals surface area contributed by atoms with Crippen molar-refractivity contribution >= 4 is 5.82 Å². The number of hydrogen-bond acceptors (Lipinski definition) is 4. The van der Waals surface area contributed by atoms with Crippen LogP contribution in [0.2, 0.25) is 0 Å². The summed E-state index contributed by atoms with van der Waals surface area (Å²) in [7, 11) is 0. The number of nitrogen functional groups attached to an aromatic ring is 1. The summed E-state index contributed by atoms with van der Waals surface area (Å²) in [4.78, 5) is 4.19. The molecule has 2 heterocycles. The number of aryl methyl sites for hydroxylation is 2. The largest absolute Gasteiger partial charge is 0.380 e. The van der Waals surface area contributed by atoms with Gasteiger partial charge in [0.2, 0.25) is 0 Å². The molecule has 0 bridgehead atoms. The highest BCUT2D eigenvalue weighted by molar-refractivity contribution is 5.86. The Hall–Kier alpha value is -2.62. The van der Waals surface area contributed by atoms with Crippen LogP contribution in [-0.4, -0.2) is 10.1 Å². The molecule has 0 radical (unpaired) electrons. The molecule has 100 valence electrons. The molecule has 4 nitrogen and oxygen atoms in total. The van der Waals surface area contributed by atoms with Gasteiger partial charge in [0.15, 0.2) is 11.6 Å². The van der Waals surface area contributed by atoms with Crippen molar-refractivity contribution in [3.8, 4) is 22.5 Å². The Kier molecular flexibility index (Phi) is 2.99. The van der Waals surface area contributed by atoms with Crippen LogP contribution >= 0.6 is 0 Å². The molecule has 0 aliphatic rings. The van der Waals surface area contributed by atoms with Crippen LogP contribution in [0.5, 0.6) is 0 Å². The summed E-state index contributed by atoms with van der Waals surface area (Å²) in [5.41, 5.74) is 10.9. The third-order valence-corrected chi connectivity index (χ3v) is 3.20. The fourth-order valence-corrected chi connectivity index (χ4v) is 2.18. The highest BCUT2D eigenvalue weighted by Crippen LogP contribution is 2.36. The van der Waals surface area contributed by atoms with Crippen LogP contribution in [0.15, 0.2) is 47.2 Å². The minimum Gasteiger partial charge on any atom is -0.380 e. The monoisotopic (exact) mass is 265 g/mol. The minimum absolute atomic E-state index is 0.394. The third kappa shape index (κ3) is 2.16. The van der Waals surface area contributed by atoms with Crippen LogP contribution in [0.1, 0.15) is 11.1 Å². The predicted molar refractivity (Wildman–Crippen MR) is 79.1 cm³/mol. The lowest BCUT2D eigenvalue weighted by molar-refractivity contribution is 0.436. The van der Waals surface area contributed by atoms with Gasteiger partial charge in [0, 0.05) is 18.0 Å². The maximum Gasteiger partial charge on any atom is 0.178 e. The Morgan fingerprint density at radius 1 is 0.950 bits per heavy atom. The van der Waals surface area contributed by atoms with Crippen molar-refractivity contribution in [2.75, 3.05) is 5.73 Å². The molecule has 0 amide bonds. The van der Waals surface area contributed by atoms with Crippen LogP contribution in [0.3, 0.4) is 0 Å². The van der Waals surface area contributed by atoms with Crippen molar-refractivity contribution in [2.45, 2.75) is 13.8 Å². The predicted octanol–water partition coefficient (Wildman–Crippen LogP) is 3.60. The van der Waals surface area contributed by atoms with Crippen molar-refractivity contribution in [1.82, 2.24) is 10.1 Å². The molecule has 3 aromatic rings. The van der Waals surface area contributed by atoms with Gasteiger partial charge >= 0.3 is 0 Å². The highest BCUT2D eigenvalue weighted by Gasteiger charge is 2.17. The molecule has 2 N–H and O–H groups in total. The normalized spacial score (nSPS) is 10.7. The molecule has 1 aromatic carbocycles. The van der Waals surface area contributed by atoms with Crippen molar-refractivity contribution in [2.24, 2.45) is 0 Å². The molecule has 0 unspecified atom stereocenters. The summed E-state index contributed by atoms with van der Waals surface area (Å²) in [5.74, 6) is 1.05.